The number of hydrogen-bond donors (Lipinski definition) is 2. The summed E-state index contributed by atoms with van der Waals surface area (Å²) in [6, 6.07) is 5.62. The Morgan fingerprint density at radius 2 is 1.87 bits per heavy atom. The molecule has 23 heavy (non-hydrogen) atoms. The van der Waals surface area contributed by atoms with Gasteiger partial charge in [-0.1, -0.05) is 18.2 Å². The van der Waals surface area contributed by atoms with Crippen LogP contribution in [0.5, 0.6) is 0 Å². The highest BCUT2D eigenvalue weighted by Gasteiger charge is 2.35. The molecule has 118 valence electrons. The lowest BCUT2D eigenvalue weighted by Crippen LogP contribution is -2.38. The van der Waals surface area contributed by atoms with Gasteiger partial charge in [-0.2, -0.15) is 0 Å². The van der Waals surface area contributed by atoms with Crippen LogP contribution in [0.3, 0.4) is 0 Å². The number of allylic oxidation sites excluding steroid dienone is 2. The molecule has 3 atom stereocenters. The van der Waals surface area contributed by atoms with Crippen LogP contribution in [0.1, 0.15) is 18.5 Å². The molecular formula is C18H19N3O2. The molecule has 2 aromatic rings. The zero-order valence-electron chi connectivity index (χ0n) is 12.8. The second-order valence-electron chi connectivity index (χ2n) is 6.50. The largest absolute Gasteiger partial charge is 0.380 e. The summed E-state index contributed by atoms with van der Waals surface area (Å²) in [5, 5.41) is 6.25. The zero-order valence-corrected chi connectivity index (χ0v) is 12.8. The Morgan fingerprint density at radius 3 is 2.52 bits per heavy atom. The summed E-state index contributed by atoms with van der Waals surface area (Å²) in [5.41, 5.74) is 0.838. The number of fused-ring (bicyclic) bond motifs is 2. The highest BCUT2D eigenvalue weighted by Crippen LogP contribution is 2.43. The Balaban J connectivity index is 1.39. The summed E-state index contributed by atoms with van der Waals surface area (Å²) < 4.78 is 0. The molecular weight excluding hydrogens is 290 g/mol. The van der Waals surface area contributed by atoms with Crippen LogP contribution in [-0.4, -0.2) is 11.5 Å². The fourth-order valence-electron chi connectivity index (χ4n) is 3.77. The summed E-state index contributed by atoms with van der Waals surface area (Å²) in [6.45, 7) is 1.20. The van der Waals surface area contributed by atoms with Crippen LogP contribution >= 0.6 is 0 Å². The first-order valence-electron chi connectivity index (χ1n) is 8.11. The molecule has 2 aliphatic rings. The van der Waals surface area contributed by atoms with Crippen molar-refractivity contribution in [2.75, 3.05) is 17.2 Å². The van der Waals surface area contributed by atoms with E-state index in [2.05, 4.69) is 27.8 Å². The summed E-state index contributed by atoms with van der Waals surface area (Å²) in [6.07, 6.45) is 8.73. The van der Waals surface area contributed by atoms with Crippen molar-refractivity contribution in [3.05, 3.63) is 62.7 Å². The smallest absolute Gasteiger partial charge is 0.253 e. The van der Waals surface area contributed by atoms with E-state index in [1.807, 2.05) is 18.2 Å². The maximum atomic E-state index is 11.8. The van der Waals surface area contributed by atoms with Crippen LogP contribution in [0.25, 0.3) is 0 Å². The maximum absolute atomic E-state index is 11.8. The highest BCUT2D eigenvalue weighted by atomic mass is 16.2. The lowest BCUT2D eigenvalue weighted by molar-refractivity contribution is 0.472. The first-order valence-corrected chi connectivity index (χ1v) is 8.11. The second kappa shape index (κ2) is 5.65. The van der Waals surface area contributed by atoms with E-state index in [1.165, 1.54) is 12.8 Å². The number of anilines is 2. The summed E-state index contributed by atoms with van der Waals surface area (Å²) in [4.78, 5) is 27.8. The molecule has 0 radical (unpaired) electrons. The van der Waals surface area contributed by atoms with Crippen LogP contribution in [0.4, 0.5) is 11.4 Å². The Morgan fingerprint density at radius 1 is 1.04 bits per heavy atom. The molecule has 0 aliphatic heterocycles. The van der Waals surface area contributed by atoms with Gasteiger partial charge in [0.2, 0.25) is 0 Å². The van der Waals surface area contributed by atoms with E-state index in [0.29, 0.717) is 35.7 Å². The number of rotatable bonds is 6. The van der Waals surface area contributed by atoms with Crippen LogP contribution in [0, 0.1) is 17.8 Å². The number of nitrogens with zero attached hydrogens (tertiary/aromatic N) is 1. The van der Waals surface area contributed by atoms with Crippen molar-refractivity contribution in [3.8, 4) is 0 Å². The van der Waals surface area contributed by atoms with Gasteiger partial charge in [0.1, 0.15) is 11.4 Å². The quantitative estimate of drug-likeness (QED) is 0.630. The fourth-order valence-corrected chi connectivity index (χ4v) is 3.77. The van der Waals surface area contributed by atoms with Crippen molar-refractivity contribution >= 4 is 11.4 Å². The Kier molecular flexibility index (Phi) is 3.48. The Hall–Kier alpha value is -2.43. The third-order valence-corrected chi connectivity index (χ3v) is 5.04. The van der Waals surface area contributed by atoms with E-state index in [0.717, 1.165) is 12.2 Å². The van der Waals surface area contributed by atoms with E-state index in [-0.39, 0.29) is 0 Å². The van der Waals surface area contributed by atoms with E-state index in [9.17, 15) is 9.59 Å². The first-order chi connectivity index (χ1) is 11.2. The lowest BCUT2D eigenvalue weighted by Gasteiger charge is -2.21. The number of aromatic nitrogens is 1. The van der Waals surface area contributed by atoms with Crippen molar-refractivity contribution in [1.29, 1.82) is 0 Å². The van der Waals surface area contributed by atoms with E-state index >= 15 is 0 Å². The molecule has 5 nitrogen and oxygen atoms in total. The molecule has 1 heterocycles. The molecule has 1 fully saturated rings. The van der Waals surface area contributed by atoms with Crippen molar-refractivity contribution in [3.63, 3.8) is 0 Å². The van der Waals surface area contributed by atoms with Gasteiger partial charge in [0.25, 0.3) is 10.9 Å². The van der Waals surface area contributed by atoms with Crippen molar-refractivity contribution < 1.29 is 0 Å². The minimum absolute atomic E-state index is 0.402. The Bertz CT molecular complexity index is 805. The van der Waals surface area contributed by atoms with Crippen molar-refractivity contribution in [2.45, 2.75) is 19.4 Å². The first kappa shape index (κ1) is 14.2. The van der Waals surface area contributed by atoms with Gasteiger partial charge in [-0.15, -0.1) is 0 Å². The monoisotopic (exact) mass is 309 g/mol. The van der Waals surface area contributed by atoms with Gasteiger partial charge in [-0.3, -0.25) is 14.6 Å². The third-order valence-electron chi connectivity index (χ3n) is 5.04. The lowest BCUT2D eigenvalue weighted by atomic mass is 9.93. The molecule has 0 amide bonds. The number of hydrogen-bond acceptors (Lipinski definition) is 5. The molecule has 4 rings (SSSR count). The number of pyridine rings is 1. The molecule has 0 saturated heterocycles. The van der Waals surface area contributed by atoms with E-state index < -0.39 is 10.9 Å². The highest BCUT2D eigenvalue weighted by molar-refractivity contribution is 5.73. The average molecular weight is 309 g/mol. The fraction of sp³-hybridized carbons (Fsp3) is 0.389. The van der Waals surface area contributed by atoms with Crippen molar-refractivity contribution in [2.24, 2.45) is 17.8 Å². The molecule has 0 unspecified atom stereocenters. The van der Waals surface area contributed by atoms with Crippen LogP contribution in [-0.2, 0) is 6.54 Å². The van der Waals surface area contributed by atoms with E-state index in [1.54, 1.807) is 6.20 Å². The summed E-state index contributed by atoms with van der Waals surface area (Å²) in [5.74, 6) is 1.91. The molecule has 1 aromatic carbocycles. The average Bonchev–Trinajstić information content (AvgIpc) is 3.20. The second-order valence-corrected chi connectivity index (χ2v) is 6.50. The molecule has 1 saturated carbocycles. The van der Waals surface area contributed by atoms with Gasteiger partial charge >= 0.3 is 0 Å². The predicted octanol–water partition coefficient (Wildman–Crippen LogP) is 1.91. The minimum atomic E-state index is -0.434. The number of nitrogens with one attached hydrogen (secondary N) is 2. The summed E-state index contributed by atoms with van der Waals surface area (Å²) in [7, 11) is 0. The minimum Gasteiger partial charge on any atom is -0.380 e. The summed E-state index contributed by atoms with van der Waals surface area (Å²) >= 11 is 0. The maximum Gasteiger partial charge on any atom is 0.253 e. The molecule has 2 N–H and O–H groups in total. The van der Waals surface area contributed by atoms with Crippen LogP contribution in [0.15, 0.2) is 46.1 Å². The predicted molar refractivity (Wildman–Crippen MR) is 90.3 cm³/mol. The molecule has 1 aromatic heterocycles. The SMILES string of the molecule is O=c1c(NCc2ccccn2)c(NC[C@H]2C[C@H]3C=C[C@H]2C3)c1=O. The van der Waals surface area contributed by atoms with Gasteiger partial charge in [0, 0.05) is 12.7 Å². The van der Waals surface area contributed by atoms with Crippen LogP contribution < -0.4 is 21.5 Å². The van der Waals surface area contributed by atoms with Gasteiger partial charge in [0.05, 0.1) is 12.2 Å². The Labute approximate surface area is 134 Å². The topological polar surface area (TPSA) is 71.1 Å². The zero-order chi connectivity index (χ0) is 15.8. The molecule has 2 aliphatic carbocycles. The van der Waals surface area contributed by atoms with Gasteiger partial charge < -0.3 is 10.6 Å². The molecule has 5 heteroatoms. The van der Waals surface area contributed by atoms with Crippen LogP contribution in [0.2, 0.25) is 0 Å². The molecule has 0 spiro atoms. The van der Waals surface area contributed by atoms with Crippen molar-refractivity contribution in [1.82, 2.24) is 4.98 Å². The molecule has 2 bridgehead atoms. The normalized spacial score (nSPS) is 25.1. The van der Waals surface area contributed by atoms with E-state index in [4.69, 9.17) is 0 Å². The third kappa shape index (κ3) is 2.56. The van der Waals surface area contributed by atoms with Gasteiger partial charge in [-0.25, -0.2) is 0 Å². The standard InChI is InChI=1S/C18H19N3O2/c22-17-15(20-9-13-8-11-4-5-12(13)7-11)16(18(17)23)21-10-14-3-1-2-6-19-14/h1-6,11-13,20-21H,7-10H2/t11-,12-,13+/m0/s1. The van der Waals surface area contributed by atoms with Gasteiger partial charge in [0.15, 0.2) is 0 Å². The van der Waals surface area contributed by atoms with Gasteiger partial charge in [-0.05, 0) is 42.7 Å².